The summed E-state index contributed by atoms with van der Waals surface area (Å²) in [6.45, 7) is -1.58. The third kappa shape index (κ3) is 5.88. The number of alkyl halides is 6. The summed E-state index contributed by atoms with van der Waals surface area (Å²) in [6.07, 6.45) is -9.45. The molecule has 0 amide bonds. The van der Waals surface area contributed by atoms with Crippen LogP contribution in [-0.4, -0.2) is 19.1 Å². The average Bonchev–Trinajstić information content (AvgIpc) is 2.11. The summed E-state index contributed by atoms with van der Waals surface area (Å²) in [6, 6.07) is 3.86. The Morgan fingerprint density at radius 3 is 2.06 bits per heavy atom. The highest BCUT2D eigenvalue weighted by atomic mass is 19.4. The maximum Gasteiger partial charge on any atom is 0.573 e. The molecule has 0 radical (unpaired) electrons. The van der Waals surface area contributed by atoms with Gasteiger partial charge >= 0.3 is 12.5 Å². The van der Waals surface area contributed by atoms with Crippen molar-refractivity contribution >= 4 is 0 Å². The van der Waals surface area contributed by atoms with Gasteiger partial charge in [0.25, 0.3) is 0 Å². The molecular formula is C9H6F6O2. The summed E-state index contributed by atoms with van der Waals surface area (Å²) < 4.78 is 78.5. The van der Waals surface area contributed by atoms with Gasteiger partial charge in [-0.2, -0.15) is 13.2 Å². The van der Waals surface area contributed by atoms with Crippen LogP contribution in [0.4, 0.5) is 26.3 Å². The summed E-state index contributed by atoms with van der Waals surface area (Å²) in [7, 11) is 0. The molecule has 0 N–H and O–H groups in total. The summed E-state index contributed by atoms with van der Waals surface area (Å²) in [5, 5.41) is 0. The molecule has 0 bridgehead atoms. The third-order valence-electron chi connectivity index (χ3n) is 1.44. The van der Waals surface area contributed by atoms with Gasteiger partial charge < -0.3 is 9.47 Å². The van der Waals surface area contributed by atoms with E-state index in [-0.39, 0.29) is 5.75 Å². The smallest absolute Gasteiger partial charge is 0.484 e. The molecule has 0 aliphatic heterocycles. The van der Waals surface area contributed by atoms with Crippen LogP contribution < -0.4 is 9.47 Å². The molecular weight excluding hydrogens is 254 g/mol. The molecule has 8 heteroatoms. The Bertz CT molecular complexity index is 370. The van der Waals surface area contributed by atoms with Crippen LogP contribution in [0.1, 0.15) is 0 Å². The Morgan fingerprint density at radius 2 is 1.53 bits per heavy atom. The van der Waals surface area contributed by atoms with Crippen LogP contribution in [0.5, 0.6) is 11.5 Å². The van der Waals surface area contributed by atoms with Gasteiger partial charge in [-0.1, -0.05) is 6.07 Å². The Hall–Kier alpha value is -1.60. The van der Waals surface area contributed by atoms with Crippen LogP contribution in [0, 0.1) is 0 Å². The van der Waals surface area contributed by atoms with Crippen molar-refractivity contribution in [3.63, 3.8) is 0 Å². The fourth-order valence-electron chi connectivity index (χ4n) is 0.926. The first-order valence-corrected chi connectivity index (χ1v) is 4.21. The van der Waals surface area contributed by atoms with Crippen LogP contribution in [0.15, 0.2) is 24.3 Å². The molecule has 0 unspecified atom stereocenters. The van der Waals surface area contributed by atoms with Crippen molar-refractivity contribution < 1.29 is 35.8 Å². The average molecular weight is 260 g/mol. The molecule has 17 heavy (non-hydrogen) atoms. The number of rotatable bonds is 3. The Labute approximate surface area is 91.7 Å². The summed E-state index contributed by atoms with van der Waals surface area (Å²) in [5.41, 5.74) is 0. The zero-order valence-corrected chi connectivity index (χ0v) is 8.10. The minimum Gasteiger partial charge on any atom is -0.484 e. The molecule has 96 valence electrons. The monoisotopic (exact) mass is 260 g/mol. The Balaban J connectivity index is 2.66. The lowest BCUT2D eigenvalue weighted by molar-refractivity contribution is -0.274. The summed E-state index contributed by atoms with van der Waals surface area (Å²) in [4.78, 5) is 0. The fraction of sp³-hybridized carbons (Fsp3) is 0.333. The molecule has 0 atom stereocenters. The van der Waals surface area contributed by atoms with E-state index in [2.05, 4.69) is 9.47 Å². The highest BCUT2D eigenvalue weighted by Crippen LogP contribution is 2.27. The number of ether oxygens (including phenoxy) is 2. The van der Waals surface area contributed by atoms with Crippen LogP contribution in [-0.2, 0) is 0 Å². The number of hydrogen-bond acceptors (Lipinski definition) is 2. The van der Waals surface area contributed by atoms with E-state index in [0.29, 0.717) is 0 Å². The van der Waals surface area contributed by atoms with Crippen molar-refractivity contribution in [1.82, 2.24) is 0 Å². The minimum atomic E-state index is -4.90. The van der Waals surface area contributed by atoms with Crippen molar-refractivity contribution in [3.05, 3.63) is 24.3 Å². The molecule has 0 spiro atoms. The van der Waals surface area contributed by atoms with Gasteiger partial charge in [-0.3, -0.25) is 0 Å². The van der Waals surface area contributed by atoms with Crippen molar-refractivity contribution in [2.45, 2.75) is 12.5 Å². The summed E-state index contributed by atoms with van der Waals surface area (Å²) >= 11 is 0. The first kappa shape index (κ1) is 13.5. The largest absolute Gasteiger partial charge is 0.573 e. The van der Waals surface area contributed by atoms with Crippen molar-refractivity contribution in [1.29, 1.82) is 0 Å². The maximum absolute atomic E-state index is 11.8. The maximum atomic E-state index is 11.8. The van der Waals surface area contributed by atoms with Gasteiger partial charge in [-0.15, -0.1) is 13.2 Å². The van der Waals surface area contributed by atoms with E-state index in [1.54, 1.807) is 0 Å². The van der Waals surface area contributed by atoms with E-state index < -0.39 is 24.9 Å². The van der Waals surface area contributed by atoms with Gasteiger partial charge in [0.15, 0.2) is 6.61 Å². The van der Waals surface area contributed by atoms with E-state index >= 15 is 0 Å². The van der Waals surface area contributed by atoms with E-state index in [4.69, 9.17) is 0 Å². The SMILES string of the molecule is FC(F)(F)COc1cccc(OC(F)(F)F)c1. The normalized spacial score (nSPS) is 12.4. The number of benzene rings is 1. The molecule has 1 aromatic carbocycles. The lowest BCUT2D eigenvalue weighted by atomic mass is 10.3. The molecule has 0 aromatic heterocycles. The predicted molar refractivity (Wildman–Crippen MR) is 44.7 cm³/mol. The van der Waals surface area contributed by atoms with Gasteiger partial charge in [0.05, 0.1) is 0 Å². The molecule has 0 heterocycles. The van der Waals surface area contributed by atoms with Crippen molar-refractivity contribution in [2.24, 2.45) is 0 Å². The first-order valence-electron chi connectivity index (χ1n) is 4.21. The first-order chi connectivity index (χ1) is 7.66. The standard InChI is InChI=1S/C9H6F6O2/c10-8(11,12)5-16-6-2-1-3-7(4-6)17-9(13,14)15/h1-4H,5H2. The van der Waals surface area contributed by atoms with Gasteiger partial charge in [0, 0.05) is 6.07 Å². The predicted octanol–water partition coefficient (Wildman–Crippen LogP) is 3.53. The van der Waals surface area contributed by atoms with E-state index in [0.717, 1.165) is 24.3 Å². The van der Waals surface area contributed by atoms with E-state index in [1.165, 1.54) is 0 Å². The molecule has 1 aromatic rings. The van der Waals surface area contributed by atoms with Crippen LogP contribution >= 0.6 is 0 Å². The highest BCUT2D eigenvalue weighted by Gasteiger charge is 2.31. The Kier molecular flexibility index (Phi) is 3.74. The Morgan fingerprint density at radius 1 is 0.941 bits per heavy atom. The van der Waals surface area contributed by atoms with Crippen LogP contribution in [0.2, 0.25) is 0 Å². The third-order valence-corrected chi connectivity index (χ3v) is 1.44. The molecule has 0 saturated heterocycles. The molecule has 0 saturated carbocycles. The summed E-state index contributed by atoms with van der Waals surface area (Å²) in [5.74, 6) is -0.999. The van der Waals surface area contributed by atoms with Crippen molar-refractivity contribution in [3.8, 4) is 11.5 Å². The molecule has 1 rings (SSSR count). The van der Waals surface area contributed by atoms with Crippen LogP contribution in [0.3, 0.4) is 0 Å². The van der Waals surface area contributed by atoms with Crippen LogP contribution in [0.25, 0.3) is 0 Å². The zero-order valence-electron chi connectivity index (χ0n) is 8.10. The van der Waals surface area contributed by atoms with E-state index in [1.807, 2.05) is 0 Å². The van der Waals surface area contributed by atoms with Gasteiger partial charge in [0.2, 0.25) is 0 Å². The lowest BCUT2D eigenvalue weighted by Crippen LogP contribution is -2.19. The van der Waals surface area contributed by atoms with E-state index in [9.17, 15) is 26.3 Å². The van der Waals surface area contributed by atoms with Crippen molar-refractivity contribution in [2.75, 3.05) is 6.61 Å². The zero-order chi connectivity index (χ0) is 13.1. The molecule has 0 aliphatic carbocycles. The minimum absolute atomic E-state index is 0.357. The number of halogens is 6. The van der Waals surface area contributed by atoms with Gasteiger partial charge in [-0.05, 0) is 12.1 Å². The topological polar surface area (TPSA) is 18.5 Å². The molecule has 0 aliphatic rings. The fourth-order valence-corrected chi connectivity index (χ4v) is 0.926. The molecule has 0 fully saturated rings. The second kappa shape index (κ2) is 4.72. The second-order valence-electron chi connectivity index (χ2n) is 2.93. The molecule has 2 nitrogen and oxygen atoms in total. The highest BCUT2D eigenvalue weighted by molar-refractivity contribution is 5.33. The lowest BCUT2D eigenvalue weighted by Gasteiger charge is -2.11. The van der Waals surface area contributed by atoms with Gasteiger partial charge in [-0.25, -0.2) is 0 Å². The number of hydrogen-bond donors (Lipinski definition) is 0. The second-order valence-corrected chi connectivity index (χ2v) is 2.93. The quantitative estimate of drug-likeness (QED) is 0.774. The van der Waals surface area contributed by atoms with Gasteiger partial charge in [0.1, 0.15) is 11.5 Å².